The molecule has 0 fully saturated rings. The molecule has 0 N–H and O–H groups in total. The maximum atomic E-state index is 5.72. The zero-order valence-corrected chi connectivity index (χ0v) is 11.0. The lowest BCUT2D eigenvalue weighted by Gasteiger charge is -2.21. The van der Waals surface area contributed by atoms with Crippen LogP contribution in [-0.2, 0) is 8.85 Å². The molecular formula is C9H21ClO2Si. The molecule has 0 aromatic rings. The zero-order valence-electron chi connectivity index (χ0n) is 9.05. The average molecular weight is 225 g/mol. The van der Waals surface area contributed by atoms with Crippen molar-refractivity contribution >= 4 is 20.9 Å². The van der Waals surface area contributed by atoms with Crippen LogP contribution in [0.1, 0.15) is 34.1 Å². The summed E-state index contributed by atoms with van der Waals surface area (Å²) in [6.45, 7) is 8.18. The second kappa shape index (κ2) is 7.80. The van der Waals surface area contributed by atoms with E-state index in [9.17, 15) is 0 Å². The molecule has 0 unspecified atom stereocenters. The molecule has 0 atom stereocenters. The molecule has 0 aromatic carbocycles. The first kappa shape index (κ1) is 13.4. The van der Waals surface area contributed by atoms with E-state index in [0.29, 0.717) is 5.88 Å². The molecule has 13 heavy (non-hydrogen) atoms. The van der Waals surface area contributed by atoms with Crippen LogP contribution in [-0.4, -0.2) is 27.4 Å². The molecule has 0 saturated carbocycles. The van der Waals surface area contributed by atoms with E-state index in [-0.39, 0.29) is 12.2 Å². The van der Waals surface area contributed by atoms with Crippen LogP contribution in [0.25, 0.3) is 0 Å². The maximum Gasteiger partial charge on any atom is 0.321 e. The predicted molar refractivity (Wildman–Crippen MR) is 59.7 cm³/mol. The van der Waals surface area contributed by atoms with E-state index in [2.05, 4.69) is 0 Å². The summed E-state index contributed by atoms with van der Waals surface area (Å²) in [6.07, 6.45) is 1.54. The molecule has 0 aromatic heterocycles. The third-order valence-electron chi connectivity index (χ3n) is 1.42. The number of hydrogen-bond donors (Lipinski definition) is 0. The summed E-state index contributed by atoms with van der Waals surface area (Å²) in [4.78, 5) is 0. The molecule has 0 saturated heterocycles. The molecule has 0 aliphatic rings. The third kappa shape index (κ3) is 8.75. The third-order valence-corrected chi connectivity index (χ3v) is 4.26. The summed E-state index contributed by atoms with van der Waals surface area (Å²) in [5, 5.41) is 0. The molecule has 0 bridgehead atoms. The van der Waals surface area contributed by atoms with Crippen molar-refractivity contribution in [2.24, 2.45) is 0 Å². The number of alkyl halides is 1. The van der Waals surface area contributed by atoms with Gasteiger partial charge in [-0.15, -0.1) is 11.6 Å². The Labute approximate surface area is 88.4 Å². The summed E-state index contributed by atoms with van der Waals surface area (Å²) in [6, 6.07) is 1.01. The second-order valence-corrected chi connectivity index (χ2v) is 5.99. The van der Waals surface area contributed by atoms with Crippen LogP contribution in [0, 0.1) is 0 Å². The summed E-state index contributed by atoms with van der Waals surface area (Å²) in [5.74, 6) is 0.701. The van der Waals surface area contributed by atoms with Gasteiger partial charge < -0.3 is 8.85 Å². The van der Waals surface area contributed by atoms with Gasteiger partial charge in [-0.25, -0.2) is 0 Å². The van der Waals surface area contributed by atoms with Crippen LogP contribution < -0.4 is 0 Å². The fourth-order valence-electron chi connectivity index (χ4n) is 1.02. The van der Waals surface area contributed by atoms with Gasteiger partial charge in [0, 0.05) is 18.1 Å². The van der Waals surface area contributed by atoms with E-state index < -0.39 is 9.28 Å². The fourth-order valence-corrected chi connectivity index (χ4v) is 3.52. The van der Waals surface area contributed by atoms with Crippen LogP contribution in [0.5, 0.6) is 0 Å². The van der Waals surface area contributed by atoms with E-state index in [0.717, 1.165) is 12.5 Å². The normalized spacial score (nSPS) is 12.0. The van der Waals surface area contributed by atoms with Gasteiger partial charge in [0.05, 0.1) is 0 Å². The molecule has 0 radical (unpaired) electrons. The Kier molecular flexibility index (Phi) is 8.05. The van der Waals surface area contributed by atoms with Crippen LogP contribution in [0.15, 0.2) is 0 Å². The molecular weight excluding hydrogens is 204 g/mol. The molecule has 4 heteroatoms. The highest BCUT2D eigenvalue weighted by atomic mass is 35.5. The highest BCUT2D eigenvalue weighted by molar-refractivity contribution is 6.44. The second-order valence-electron chi connectivity index (χ2n) is 3.63. The molecule has 0 spiro atoms. The quantitative estimate of drug-likeness (QED) is 0.489. The van der Waals surface area contributed by atoms with Crippen molar-refractivity contribution in [2.75, 3.05) is 5.88 Å². The first-order valence-electron chi connectivity index (χ1n) is 4.93. The van der Waals surface area contributed by atoms with Crippen LogP contribution in [0.3, 0.4) is 0 Å². The Morgan fingerprint density at radius 1 is 1.08 bits per heavy atom. The van der Waals surface area contributed by atoms with Gasteiger partial charge in [0.15, 0.2) is 0 Å². The largest absolute Gasteiger partial charge is 0.394 e. The van der Waals surface area contributed by atoms with Crippen molar-refractivity contribution in [3.05, 3.63) is 0 Å². The molecule has 0 heterocycles. The van der Waals surface area contributed by atoms with Crippen molar-refractivity contribution in [1.82, 2.24) is 0 Å². The van der Waals surface area contributed by atoms with E-state index in [1.54, 1.807) is 0 Å². The van der Waals surface area contributed by atoms with Crippen molar-refractivity contribution in [3.8, 4) is 0 Å². The van der Waals surface area contributed by atoms with E-state index in [4.69, 9.17) is 20.5 Å². The molecule has 0 aliphatic carbocycles. The molecule has 0 aliphatic heterocycles. The van der Waals surface area contributed by atoms with Crippen molar-refractivity contribution in [2.45, 2.75) is 52.4 Å². The minimum absolute atomic E-state index is 0.269. The standard InChI is InChI=1S/C9H21ClO2Si/c1-8(2)11-13(7-5-6-10)12-9(3)4/h8-9,13H,5-7H2,1-4H3. The topological polar surface area (TPSA) is 18.5 Å². The Morgan fingerprint density at radius 2 is 1.54 bits per heavy atom. The lowest BCUT2D eigenvalue weighted by molar-refractivity contribution is 0.129. The lowest BCUT2D eigenvalue weighted by atomic mass is 10.5. The first-order chi connectivity index (χ1) is 6.06. The van der Waals surface area contributed by atoms with Crippen LogP contribution in [0.4, 0.5) is 0 Å². The van der Waals surface area contributed by atoms with Gasteiger partial charge >= 0.3 is 9.28 Å². The predicted octanol–water partition coefficient (Wildman–Crippen LogP) is 2.69. The summed E-state index contributed by atoms with van der Waals surface area (Å²) in [5.41, 5.74) is 0. The van der Waals surface area contributed by atoms with Crippen molar-refractivity contribution in [1.29, 1.82) is 0 Å². The fraction of sp³-hybridized carbons (Fsp3) is 1.00. The van der Waals surface area contributed by atoms with Crippen LogP contribution in [0.2, 0.25) is 6.04 Å². The molecule has 2 nitrogen and oxygen atoms in total. The number of halogens is 1. The first-order valence-corrected chi connectivity index (χ1v) is 7.22. The van der Waals surface area contributed by atoms with Gasteiger partial charge in [-0.2, -0.15) is 0 Å². The van der Waals surface area contributed by atoms with Gasteiger partial charge in [0.2, 0.25) is 0 Å². The summed E-state index contributed by atoms with van der Waals surface area (Å²) >= 11 is 5.63. The van der Waals surface area contributed by atoms with Crippen LogP contribution >= 0.6 is 11.6 Å². The van der Waals surface area contributed by atoms with Crippen molar-refractivity contribution < 1.29 is 8.85 Å². The van der Waals surface area contributed by atoms with Gasteiger partial charge in [-0.05, 0) is 40.2 Å². The molecule has 0 amide bonds. The Hall–Kier alpha value is 0.427. The van der Waals surface area contributed by atoms with E-state index in [1.165, 1.54) is 0 Å². The maximum absolute atomic E-state index is 5.72. The van der Waals surface area contributed by atoms with Gasteiger partial charge in [-0.3, -0.25) is 0 Å². The van der Waals surface area contributed by atoms with Gasteiger partial charge in [0.25, 0.3) is 0 Å². The molecule has 0 rings (SSSR count). The summed E-state index contributed by atoms with van der Waals surface area (Å²) in [7, 11) is -1.45. The van der Waals surface area contributed by atoms with Crippen molar-refractivity contribution in [3.63, 3.8) is 0 Å². The van der Waals surface area contributed by atoms with E-state index >= 15 is 0 Å². The Balaban J connectivity index is 3.73. The monoisotopic (exact) mass is 224 g/mol. The summed E-state index contributed by atoms with van der Waals surface area (Å²) < 4.78 is 11.4. The smallest absolute Gasteiger partial charge is 0.321 e. The minimum atomic E-state index is -1.45. The minimum Gasteiger partial charge on any atom is -0.394 e. The zero-order chi connectivity index (χ0) is 10.3. The van der Waals surface area contributed by atoms with Gasteiger partial charge in [-0.1, -0.05) is 0 Å². The SMILES string of the molecule is CC(C)O[SiH](CCCCl)OC(C)C. The lowest BCUT2D eigenvalue weighted by Crippen LogP contribution is -2.29. The average Bonchev–Trinajstić information content (AvgIpc) is 1.98. The highest BCUT2D eigenvalue weighted by Crippen LogP contribution is 2.07. The number of hydrogen-bond acceptors (Lipinski definition) is 2. The number of rotatable bonds is 7. The van der Waals surface area contributed by atoms with E-state index in [1.807, 2.05) is 27.7 Å². The van der Waals surface area contributed by atoms with Gasteiger partial charge in [0.1, 0.15) is 0 Å². The Morgan fingerprint density at radius 3 is 1.85 bits per heavy atom. The molecule has 80 valence electrons. The Bertz CT molecular complexity index is 110. The highest BCUT2D eigenvalue weighted by Gasteiger charge is 2.15.